The Morgan fingerprint density at radius 2 is 2.06 bits per heavy atom. The van der Waals surface area contributed by atoms with Gasteiger partial charge in [0.2, 0.25) is 0 Å². The summed E-state index contributed by atoms with van der Waals surface area (Å²) in [5.41, 5.74) is 2.03. The van der Waals surface area contributed by atoms with Crippen LogP contribution in [0.4, 0.5) is 0 Å². The first-order valence-corrected chi connectivity index (χ1v) is 5.04. The normalized spacial score (nSPS) is 11.1. The smallest absolute Gasteiger partial charge is 0.345 e. The lowest BCUT2D eigenvalue weighted by Crippen LogP contribution is -2.00. The van der Waals surface area contributed by atoms with Gasteiger partial charge >= 0.3 is 5.63 Å². The quantitative estimate of drug-likeness (QED) is 0.424. The minimum atomic E-state index is -0.332. The van der Waals surface area contributed by atoms with E-state index in [1.165, 1.54) is 0 Å². The van der Waals surface area contributed by atoms with Gasteiger partial charge in [0.15, 0.2) is 0 Å². The van der Waals surface area contributed by atoms with E-state index in [1.54, 1.807) is 18.3 Å². The van der Waals surface area contributed by atoms with E-state index in [4.69, 9.17) is 4.42 Å². The van der Waals surface area contributed by atoms with Crippen molar-refractivity contribution < 1.29 is 4.42 Å². The molecule has 0 N–H and O–H groups in total. The average Bonchev–Trinajstić information content (AvgIpc) is 2.29. The zero-order chi connectivity index (χ0) is 11.1. The number of hydrogen-bond donors (Lipinski definition) is 0. The zero-order valence-electron chi connectivity index (χ0n) is 8.73. The van der Waals surface area contributed by atoms with E-state index in [0.717, 1.165) is 10.9 Å². The van der Waals surface area contributed by atoms with Crippen molar-refractivity contribution in [3.63, 3.8) is 0 Å². The van der Waals surface area contributed by atoms with Crippen LogP contribution < -0.4 is 5.63 Å². The van der Waals surface area contributed by atoms with Gasteiger partial charge in [0.1, 0.15) is 5.58 Å². The van der Waals surface area contributed by atoms with Crippen LogP contribution in [-0.2, 0) is 0 Å². The largest absolute Gasteiger partial charge is 0.422 e. The molecule has 2 aromatic heterocycles. The molecule has 0 aliphatic carbocycles. The molecule has 1 aromatic carbocycles. The molecule has 0 unspecified atom stereocenters. The molecule has 0 aliphatic heterocycles. The highest BCUT2D eigenvalue weighted by Gasteiger charge is 2.07. The first-order chi connectivity index (χ1) is 7.75. The highest BCUT2D eigenvalue weighted by Crippen LogP contribution is 2.21. The van der Waals surface area contributed by atoms with E-state index < -0.39 is 0 Å². The van der Waals surface area contributed by atoms with Crippen LogP contribution in [-0.4, -0.2) is 4.98 Å². The Labute approximate surface area is 91.3 Å². The molecule has 0 radical (unpaired) electrons. The number of hydrogen-bond acceptors (Lipinski definition) is 3. The minimum absolute atomic E-state index is 0.332. The summed E-state index contributed by atoms with van der Waals surface area (Å²) in [5, 5.41) is 1.40. The van der Waals surface area contributed by atoms with E-state index >= 15 is 0 Å². The van der Waals surface area contributed by atoms with Crippen molar-refractivity contribution in [1.29, 1.82) is 0 Å². The van der Waals surface area contributed by atoms with Crippen LogP contribution in [0.25, 0.3) is 21.9 Å². The fourth-order valence-corrected chi connectivity index (χ4v) is 1.85. The summed E-state index contributed by atoms with van der Waals surface area (Å²) in [6.07, 6.45) is 1.68. The van der Waals surface area contributed by atoms with E-state index in [1.807, 2.05) is 25.1 Å². The molecule has 0 spiro atoms. The molecule has 16 heavy (non-hydrogen) atoms. The fourth-order valence-electron chi connectivity index (χ4n) is 1.85. The molecule has 0 bridgehead atoms. The maximum absolute atomic E-state index is 11.7. The van der Waals surface area contributed by atoms with Crippen molar-refractivity contribution in [1.82, 2.24) is 4.98 Å². The summed E-state index contributed by atoms with van der Waals surface area (Å²) in [6, 6.07) is 9.23. The highest BCUT2D eigenvalue weighted by molar-refractivity contribution is 6.01. The standard InChI is InChI=1S/C13H9NO2/c1-8-4-5-9-11(7-8)16-13(15)10-3-2-6-14-12(9)10/h2-7H,1H3. The van der Waals surface area contributed by atoms with E-state index in [2.05, 4.69) is 4.98 Å². The molecule has 0 aliphatic rings. The SMILES string of the molecule is Cc1ccc2c(c1)oc(=O)c1cccnc12. The van der Waals surface area contributed by atoms with Gasteiger partial charge in [0.25, 0.3) is 0 Å². The Balaban J connectivity index is 2.64. The second-order valence-corrected chi connectivity index (χ2v) is 3.79. The van der Waals surface area contributed by atoms with Crippen molar-refractivity contribution in [2.24, 2.45) is 0 Å². The Morgan fingerprint density at radius 1 is 1.19 bits per heavy atom. The third-order valence-electron chi connectivity index (χ3n) is 2.62. The summed E-state index contributed by atoms with van der Waals surface area (Å²) in [5.74, 6) is 0. The first kappa shape index (κ1) is 9.09. The molecule has 3 aromatic rings. The lowest BCUT2D eigenvalue weighted by molar-refractivity contribution is 0.569. The number of rotatable bonds is 0. The topological polar surface area (TPSA) is 43.1 Å². The monoisotopic (exact) mass is 211 g/mol. The zero-order valence-corrected chi connectivity index (χ0v) is 8.73. The van der Waals surface area contributed by atoms with Crippen LogP contribution in [0.15, 0.2) is 45.7 Å². The van der Waals surface area contributed by atoms with Crippen LogP contribution in [0.5, 0.6) is 0 Å². The number of fused-ring (bicyclic) bond motifs is 3. The molecule has 3 rings (SSSR count). The average molecular weight is 211 g/mol. The number of pyridine rings is 1. The van der Waals surface area contributed by atoms with Crippen molar-refractivity contribution in [2.75, 3.05) is 0 Å². The maximum Gasteiger partial charge on any atom is 0.345 e. The molecule has 0 saturated carbocycles. The Morgan fingerprint density at radius 3 is 2.94 bits per heavy atom. The second kappa shape index (κ2) is 3.17. The van der Waals surface area contributed by atoms with Gasteiger partial charge in [0, 0.05) is 11.6 Å². The Hall–Kier alpha value is -2.16. The summed E-state index contributed by atoms with van der Waals surface area (Å²) in [6.45, 7) is 1.96. The summed E-state index contributed by atoms with van der Waals surface area (Å²) in [7, 11) is 0. The van der Waals surface area contributed by atoms with Crippen LogP contribution in [0.2, 0.25) is 0 Å². The van der Waals surface area contributed by atoms with Gasteiger partial charge in [-0.1, -0.05) is 6.07 Å². The molecule has 78 valence electrons. The third-order valence-corrected chi connectivity index (χ3v) is 2.62. The molecular formula is C13H9NO2. The summed E-state index contributed by atoms with van der Waals surface area (Å²) < 4.78 is 5.26. The number of aromatic nitrogens is 1. The second-order valence-electron chi connectivity index (χ2n) is 3.79. The number of nitrogens with zero attached hydrogens (tertiary/aromatic N) is 1. The Bertz CT molecular complexity index is 744. The van der Waals surface area contributed by atoms with Gasteiger partial charge in [-0.05, 0) is 36.8 Å². The van der Waals surface area contributed by atoms with Gasteiger partial charge in [-0.3, -0.25) is 4.98 Å². The lowest BCUT2D eigenvalue weighted by atomic mass is 10.1. The van der Waals surface area contributed by atoms with Crippen molar-refractivity contribution >= 4 is 21.9 Å². The van der Waals surface area contributed by atoms with Crippen molar-refractivity contribution in [3.05, 3.63) is 52.5 Å². The van der Waals surface area contributed by atoms with E-state index in [9.17, 15) is 4.79 Å². The number of benzene rings is 1. The molecule has 0 saturated heterocycles. The molecule has 0 fully saturated rings. The van der Waals surface area contributed by atoms with Gasteiger partial charge in [-0.25, -0.2) is 4.79 Å². The van der Waals surface area contributed by atoms with Gasteiger partial charge < -0.3 is 4.42 Å². The van der Waals surface area contributed by atoms with Crippen LogP contribution in [0, 0.1) is 6.92 Å². The minimum Gasteiger partial charge on any atom is -0.422 e. The Kier molecular flexibility index (Phi) is 1.80. The van der Waals surface area contributed by atoms with Crippen molar-refractivity contribution in [2.45, 2.75) is 6.92 Å². The predicted molar refractivity (Wildman–Crippen MR) is 62.5 cm³/mol. The first-order valence-electron chi connectivity index (χ1n) is 5.04. The summed E-state index contributed by atoms with van der Waals surface area (Å²) in [4.78, 5) is 15.9. The highest BCUT2D eigenvalue weighted by atomic mass is 16.4. The molecule has 2 heterocycles. The van der Waals surface area contributed by atoms with Crippen molar-refractivity contribution in [3.8, 4) is 0 Å². The molecular weight excluding hydrogens is 202 g/mol. The number of aryl methyl sites for hydroxylation is 1. The van der Waals surface area contributed by atoms with Crippen LogP contribution in [0.3, 0.4) is 0 Å². The molecule has 0 amide bonds. The third kappa shape index (κ3) is 1.21. The fraction of sp³-hybridized carbons (Fsp3) is 0.0769. The van der Waals surface area contributed by atoms with Gasteiger partial charge in [0.05, 0.1) is 10.9 Å². The van der Waals surface area contributed by atoms with Gasteiger partial charge in [-0.15, -0.1) is 0 Å². The van der Waals surface area contributed by atoms with E-state index in [0.29, 0.717) is 16.5 Å². The van der Waals surface area contributed by atoms with Gasteiger partial charge in [-0.2, -0.15) is 0 Å². The molecule has 0 atom stereocenters. The maximum atomic E-state index is 11.7. The summed E-state index contributed by atoms with van der Waals surface area (Å²) >= 11 is 0. The lowest BCUT2D eigenvalue weighted by Gasteiger charge is -2.01. The van der Waals surface area contributed by atoms with Crippen LogP contribution in [0.1, 0.15) is 5.56 Å². The molecule has 3 heteroatoms. The van der Waals surface area contributed by atoms with Crippen LogP contribution >= 0.6 is 0 Å². The van der Waals surface area contributed by atoms with E-state index in [-0.39, 0.29) is 5.63 Å². The molecule has 3 nitrogen and oxygen atoms in total. The predicted octanol–water partition coefficient (Wildman–Crippen LogP) is 2.65.